The molecule has 1 aliphatic carbocycles. The summed E-state index contributed by atoms with van der Waals surface area (Å²) < 4.78 is 38.1. The molecule has 1 unspecified atom stereocenters. The second kappa shape index (κ2) is 6.22. The van der Waals surface area contributed by atoms with Crippen LogP contribution < -0.4 is 5.32 Å². The van der Waals surface area contributed by atoms with Crippen LogP contribution >= 0.6 is 0 Å². The molecule has 0 bridgehead atoms. The van der Waals surface area contributed by atoms with Crippen LogP contribution in [-0.4, -0.2) is 22.5 Å². The highest BCUT2D eigenvalue weighted by Gasteiger charge is 2.46. The lowest BCUT2D eigenvalue weighted by Gasteiger charge is -2.38. The topological polar surface area (TPSA) is 66.4 Å². The standard InChI is InChI=1S/C16H18F3NO3/c1-10(13(21)20-15(14(22)23)6-3-7-15)8-11-4-2-5-12(9-11)16(17,18)19/h2,4-5,9-10H,3,6-8H2,1H3,(H,20,21)(H,22,23). The minimum Gasteiger partial charge on any atom is -0.480 e. The number of hydrogen-bond donors (Lipinski definition) is 2. The third kappa shape index (κ3) is 3.83. The Labute approximate surface area is 131 Å². The first-order valence-corrected chi connectivity index (χ1v) is 7.36. The molecule has 0 radical (unpaired) electrons. The van der Waals surface area contributed by atoms with Crippen LogP contribution in [0, 0.1) is 5.92 Å². The lowest BCUT2D eigenvalue weighted by atomic mass is 9.76. The number of carbonyl (C=O) groups is 2. The van der Waals surface area contributed by atoms with Crippen molar-refractivity contribution in [3.8, 4) is 0 Å². The predicted molar refractivity (Wildman–Crippen MR) is 76.7 cm³/mol. The SMILES string of the molecule is CC(Cc1cccc(C(F)(F)F)c1)C(=O)NC1(C(=O)O)CCC1. The van der Waals surface area contributed by atoms with E-state index in [1.807, 2.05) is 0 Å². The van der Waals surface area contributed by atoms with Crippen molar-refractivity contribution >= 4 is 11.9 Å². The Hall–Kier alpha value is -2.05. The van der Waals surface area contributed by atoms with Gasteiger partial charge >= 0.3 is 12.1 Å². The molecule has 2 rings (SSSR count). The van der Waals surface area contributed by atoms with E-state index in [-0.39, 0.29) is 6.42 Å². The van der Waals surface area contributed by atoms with E-state index in [0.29, 0.717) is 18.4 Å². The summed E-state index contributed by atoms with van der Waals surface area (Å²) in [5.74, 6) is -2.14. The summed E-state index contributed by atoms with van der Waals surface area (Å²) in [4.78, 5) is 23.4. The Balaban J connectivity index is 2.03. The van der Waals surface area contributed by atoms with Crippen LogP contribution in [0.2, 0.25) is 0 Å². The van der Waals surface area contributed by atoms with E-state index in [2.05, 4.69) is 5.32 Å². The molecule has 1 aromatic carbocycles. The molecule has 126 valence electrons. The molecule has 1 amide bonds. The highest BCUT2D eigenvalue weighted by atomic mass is 19.4. The lowest BCUT2D eigenvalue weighted by molar-refractivity contribution is -0.152. The molecule has 1 saturated carbocycles. The van der Waals surface area contributed by atoms with E-state index in [1.165, 1.54) is 12.1 Å². The van der Waals surface area contributed by atoms with Crippen LogP contribution in [0.15, 0.2) is 24.3 Å². The molecule has 0 spiro atoms. The molecular weight excluding hydrogens is 311 g/mol. The number of aliphatic carboxylic acids is 1. The number of halogens is 3. The Morgan fingerprint density at radius 2 is 2.00 bits per heavy atom. The first kappa shape index (κ1) is 17.3. The van der Waals surface area contributed by atoms with Gasteiger partial charge in [-0.25, -0.2) is 4.79 Å². The fourth-order valence-electron chi connectivity index (χ4n) is 2.60. The van der Waals surface area contributed by atoms with Gasteiger partial charge in [0.15, 0.2) is 0 Å². The van der Waals surface area contributed by atoms with Crippen LogP contribution in [-0.2, 0) is 22.2 Å². The minimum absolute atomic E-state index is 0.117. The van der Waals surface area contributed by atoms with Gasteiger partial charge in [0, 0.05) is 5.92 Å². The number of nitrogens with one attached hydrogen (secondary N) is 1. The highest BCUT2D eigenvalue weighted by Crippen LogP contribution is 2.33. The van der Waals surface area contributed by atoms with E-state index in [1.54, 1.807) is 6.92 Å². The zero-order valence-corrected chi connectivity index (χ0v) is 12.6. The van der Waals surface area contributed by atoms with Gasteiger partial charge in [-0.05, 0) is 37.3 Å². The predicted octanol–water partition coefficient (Wildman–Crippen LogP) is 3.01. The van der Waals surface area contributed by atoms with Crippen LogP contribution in [0.3, 0.4) is 0 Å². The van der Waals surface area contributed by atoms with Gasteiger partial charge in [0.1, 0.15) is 5.54 Å². The van der Waals surface area contributed by atoms with Crippen molar-refractivity contribution in [1.82, 2.24) is 5.32 Å². The van der Waals surface area contributed by atoms with Crippen molar-refractivity contribution in [1.29, 1.82) is 0 Å². The third-order valence-electron chi connectivity index (χ3n) is 4.22. The quantitative estimate of drug-likeness (QED) is 0.873. The Morgan fingerprint density at radius 3 is 2.48 bits per heavy atom. The molecule has 1 atom stereocenters. The smallest absolute Gasteiger partial charge is 0.416 e. The molecule has 4 nitrogen and oxygen atoms in total. The summed E-state index contributed by atoms with van der Waals surface area (Å²) in [6.07, 6.45) is -2.82. The second-order valence-electron chi connectivity index (χ2n) is 6.03. The van der Waals surface area contributed by atoms with Gasteiger partial charge in [0.25, 0.3) is 0 Å². The molecule has 0 heterocycles. The normalized spacial score (nSPS) is 17.9. The molecular formula is C16H18F3NO3. The summed E-state index contributed by atoms with van der Waals surface area (Å²) in [7, 11) is 0. The maximum atomic E-state index is 12.7. The third-order valence-corrected chi connectivity index (χ3v) is 4.22. The molecule has 1 aromatic rings. The van der Waals surface area contributed by atoms with Gasteiger partial charge in [-0.2, -0.15) is 13.2 Å². The van der Waals surface area contributed by atoms with Gasteiger partial charge in [0.05, 0.1) is 5.56 Å². The van der Waals surface area contributed by atoms with Gasteiger partial charge in [-0.1, -0.05) is 25.1 Å². The molecule has 0 saturated heterocycles. The number of benzene rings is 1. The molecule has 1 aliphatic rings. The number of carboxylic acids is 1. The molecule has 1 fully saturated rings. The van der Waals surface area contributed by atoms with E-state index in [4.69, 9.17) is 0 Å². The first-order valence-electron chi connectivity index (χ1n) is 7.36. The van der Waals surface area contributed by atoms with Crippen molar-refractivity contribution in [2.45, 2.75) is 44.3 Å². The summed E-state index contributed by atoms with van der Waals surface area (Å²) in [5, 5.41) is 11.7. The van der Waals surface area contributed by atoms with Crippen LogP contribution in [0.25, 0.3) is 0 Å². The van der Waals surface area contributed by atoms with Gasteiger partial charge in [0.2, 0.25) is 5.91 Å². The number of rotatable bonds is 5. The van der Waals surface area contributed by atoms with Crippen molar-refractivity contribution in [3.63, 3.8) is 0 Å². The van der Waals surface area contributed by atoms with Crippen molar-refractivity contribution < 1.29 is 27.9 Å². The first-order chi connectivity index (χ1) is 10.6. The summed E-state index contributed by atoms with van der Waals surface area (Å²) >= 11 is 0. The second-order valence-corrected chi connectivity index (χ2v) is 6.03. The summed E-state index contributed by atoms with van der Waals surface area (Å²) in [5.41, 5.74) is -1.58. The van der Waals surface area contributed by atoms with Gasteiger partial charge in [-0.3, -0.25) is 4.79 Å². The maximum absolute atomic E-state index is 12.7. The lowest BCUT2D eigenvalue weighted by Crippen LogP contribution is -2.60. The average molecular weight is 329 g/mol. The monoisotopic (exact) mass is 329 g/mol. The zero-order valence-electron chi connectivity index (χ0n) is 12.6. The van der Waals surface area contributed by atoms with Gasteiger partial charge in [-0.15, -0.1) is 0 Å². The number of hydrogen-bond acceptors (Lipinski definition) is 2. The van der Waals surface area contributed by atoms with Gasteiger partial charge < -0.3 is 10.4 Å². The fraction of sp³-hybridized carbons (Fsp3) is 0.500. The van der Waals surface area contributed by atoms with Crippen molar-refractivity contribution in [2.24, 2.45) is 5.92 Å². The largest absolute Gasteiger partial charge is 0.480 e. The Bertz CT molecular complexity index is 609. The average Bonchev–Trinajstić information content (AvgIpc) is 2.41. The van der Waals surface area contributed by atoms with Crippen molar-refractivity contribution in [2.75, 3.05) is 0 Å². The molecule has 0 aliphatic heterocycles. The van der Waals surface area contributed by atoms with E-state index in [9.17, 15) is 27.9 Å². The van der Waals surface area contributed by atoms with Crippen LogP contribution in [0.5, 0.6) is 0 Å². The van der Waals surface area contributed by atoms with Crippen molar-refractivity contribution in [3.05, 3.63) is 35.4 Å². The van der Waals surface area contributed by atoms with E-state index < -0.39 is 35.1 Å². The maximum Gasteiger partial charge on any atom is 0.416 e. The summed E-state index contributed by atoms with van der Waals surface area (Å²) in [6, 6.07) is 4.81. The van der Waals surface area contributed by atoms with E-state index >= 15 is 0 Å². The molecule has 7 heteroatoms. The molecule has 23 heavy (non-hydrogen) atoms. The fourth-order valence-corrected chi connectivity index (χ4v) is 2.60. The Morgan fingerprint density at radius 1 is 1.35 bits per heavy atom. The number of carbonyl (C=O) groups excluding carboxylic acids is 1. The van der Waals surface area contributed by atoms with Crippen LogP contribution in [0.1, 0.15) is 37.3 Å². The molecule has 0 aromatic heterocycles. The number of amides is 1. The van der Waals surface area contributed by atoms with E-state index in [0.717, 1.165) is 18.6 Å². The number of carboxylic acid groups (broad SMARTS) is 1. The number of alkyl halides is 3. The Kier molecular flexibility index (Phi) is 4.68. The highest BCUT2D eigenvalue weighted by molar-refractivity contribution is 5.88. The minimum atomic E-state index is -4.43. The molecule has 2 N–H and O–H groups in total. The van der Waals surface area contributed by atoms with Crippen LogP contribution in [0.4, 0.5) is 13.2 Å². The summed E-state index contributed by atoms with van der Waals surface area (Å²) in [6.45, 7) is 1.57. The zero-order chi connectivity index (χ0) is 17.3.